The first-order valence-corrected chi connectivity index (χ1v) is 11.1. The lowest BCUT2D eigenvalue weighted by atomic mass is 9.81. The predicted octanol–water partition coefficient (Wildman–Crippen LogP) is 4.56. The van der Waals surface area contributed by atoms with E-state index in [1.54, 1.807) is 6.92 Å². The molecule has 0 radical (unpaired) electrons. The van der Waals surface area contributed by atoms with Crippen molar-refractivity contribution in [2.75, 3.05) is 11.5 Å². The first-order valence-electron chi connectivity index (χ1n) is 11.1. The lowest BCUT2D eigenvalue weighted by molar-refractivity contribution is -0.139. The second kappa shape index (κ2) is 10.2. The molecule has 3 aromatic carbocycles. The third kappa shape index (κ3) is 5.34. The topological polar surface area (TPSA) is 78.9 Å². The van der Waals surface area contributed by atoms with Gasteiger partial charge in [-0.25, -0.2) is 4.79 Å². The summed E-state index contributed by atoms with van der Waals surface area (Å²) < 4.78 is 5.53. The Morgan fingerprint density at radius 2 is 1.64 bits per heavy atom. The molecular formula is C27H28N2O4. The molecule has 0 saturated carbocycles. The summed E-state index contributed by atoms with van der Waals surface area (Å²) in [4.78, 5) is 25.5. The molecule has 4 rings (SSSR count). The zero-order chi connectivity index (χ0) is 23.2. The number of carbonyl (C=O) groups excluding carboxylic acids is 1. The predicted molar refractivity (Wildman–Crippen MR) is 128 cm³/mol. The first-order chi connectivity index (χ1) is 16.0. The normalized spacial score (nSPS) is 15.7. The van der Waals surface area contributed by atoms with Crippen LogP contribution in [0.5, 0.6) is 5.75 Å². The maximum atomic E-state index is 12.3. The first kappa shape index (κ1) is 22.4. The molecule has 3 aromatic rings. The molecule has 6 nitrogen and oxygen atoms in total. The number of ether oxygens (including phenoxy) is 1. The molecule has 0 saturated heterocycles. The maximum Gasteiger partial charge on any atom is 0.341 e. The molecule has 2 unspecified atom stereocenters. The molecule has 6 heteroatoms. The Labute approximate surface area is 193 Å². The van der Waals surface area contributed by atoms with Gasteiger partial charge in [-0.1, -0.05) is 48.5 Å². The lowest BCUT2D eigenvalue weighted by Crippen LogP contribution is -2.51. The number of aliphatic carboxylic acids is 1. The smallest absolute Gasteiger partial charge is 0.341 e. The summed E-state index contributed by atoms with van der Waals surface area (Å²) in [6.07, 6.45) is 2.09. The summed E-state index contributed by atoms with van der Waals surface area (Å²) >= 11 is 0. The van der Waals surface area contributed by atoms with Gasteiger partial charge in [0.15, 0.2) is 6.61 Å². The molecule has 2 N–H and O–H groups in total. The molecule has 0 heterocycles. The van der Waals surface area contributed by atoms with E-state index >= 15 is 0 Å². The van der Waals surface area contributed by atoms with Gasteiger partial charge in [0, 0.05) is 24.2 Å². The van der Waals surface area contributed by atoms with Crippen LogP contribution in [0, 0.1) is 5.92 Å². The summed E-state index contributed by atoms with van der Waals surface area (Å²) in [6, 6.07) is 26.0. The van der Waals surface area contributed by atoms with E-state index in [0.717, 1.165) is 41.8 Å². The molecule has 0 bridgehead atoms. The number of carbonyl (C=O) groups is 2. The number of carboxylic acids is 1. The van der Waals surface area contributed by atoms with Crippen LogP contribution < -0.4 is 15.0 Å². The summed E-state index contributed by atoms with van der Waals surface area (Å²) in [7, 11) is 0. The third-order valence-electron chi connectivity index (χ3n) is 5.97. The second-order valence-corrected chi connectivity index (χ2v) is 8.27. The Hall–Kier alpha value is -3.80. The van der Waals surface area contributed by atoms with Crippen LogP contribution in [-0.2, 0) is 22.4 Å². The zero-order valence-electron chi connectivity index (χ0n) is 18.6. The van der Waals surface area contributed by atoms with Crippen LogP contribution in [0.1, 0.15) is 24.5 Å². The zero-order valence-corrected chi connectivity index (χ0v) is 18.6. The Morgan fingerprint density at radius 3 is 2.21 bits per heavy atom. The average molecular weight is 445 g/mol. The summed E-state index contributed by atoms with van der Waals surface area (Å²) in [5, 5.41) is 12.2. The van der Waals surface area contributed by atoms with Gasteiger partial charge in [-0.15, -0.1) is 0 Å². The van der Waals surface area contributed by atoms with Gasteiger partial charge in [-0.05, 0) is 60.7 Å². The fourth-order valence-electron chi connectivity index (χ4n) is 4.59. The van der Waals surface area contributed by atoms with Crippen molar-refractivity contribution in [1.29, 1.82) is 0 Å². The Morgan fingerprint density at radius 1 is 1.00 bits per heavy atom. The molecule has 1 aliphatic rings. The van der Waals surface area contributed by atoms with Gasteiger partial charge < -0.3 is 20.1 Å². The molecule has 0 fully saturated rings. The van der Waals surface area contributed by atoms with E-state index in [-0.39, 0.29) is 24.6 Å². The number of anilines is 2. The van der Waals surface area contributed by atoms with E-state index in [1.807, 2.05) is 48.5 Å². The van der Waals surface area contributed by atoms with Crippen LogP contribution in [0.15, 0.2) is 78.9 Å². The van der Waals surface area contributed by atoms with Crippen LogP contribution in [-0.4, -0.2) is 29.8 Å². The van der Waals surface area contributed by atoms with E-state index in [9.17, 15) is 9.59 Å². The second-order valence-electron chi connectivity index (χ2n) is 8.27. The minimum atomic E-state index is -0.992. The fourth-order valence-corrected chi connectivity index (χ4v) is 4.59. The number of hydrogen-bond donors (Lipinski definition) is 2. The molecular weight excluding hydrogens is 416 g/mol. The van der Waals surface area contributed by atoms with Gasteiger partial charge in [-0.2, -0.15) is 0 Å². The van der Waals surface area contributed by atoms with Gasteiger partial charge in [-0.3, -0.25) is 4.79 Å². The monoisotopic (exact) mass is 444 g/mol. The van der Waals surface area contributed by atoms with Crippen LogP contribution in [0.4, 0.5) is 11.4 Å². The third-order valence-corrected chi connectivity index (χ3v) is 5.97. The maximum absolute atomic E-state index is 12.3. The van der Waals surface area contributed by atoms with E-state index in [2.05, 4.69) is 40.5 Å². The highest BCUT2D eigenvalue weighted by atomic mass is 16.5. The van der Waals surface area contributed by atoms with E-state index in [1.165, 1.54) is 0 Å². The van der Waals surface area contributed by atoms with Crippen molar-refractivity contribution in [3.05, 3.63) is 90.0 Å². The molecule has 1 amide bonds. The molecule has 0 aromatic heterocycles. The number of hydrogen-bond acceptors (Lipinski definition) is 4. The van der Waals surface area contributed by atoms with Crippen molar-refractivity contribution >= 4 is 23.3 Å². The average Bonchev–Trinajstić information content (AvgIpc) is 2.83. The minimum absolute atomic E-state index is 0.0822. The highest BCUT2D eigenvalue weighted by molar-refractivity contribution is 5.75. The number of para-hydroxylation sites is 2. The molecule has 170 valence electrons. The van der Waals surface area contributed by atoms with Crippen LogP contribution >= 0.6 is 0 Å². The molecule has 0 spiro atoms. The molecule has 1 aliphatic carbocycles. The number of benzene rings is 3. The number of carboxylic acid groups (broad SMARTS) is 1. The summed E-state index contributed by atoms with van der Waals surface area (Å²) in [6.45, 7) is 1.19. The molecule has 33 heavy (non-hydrogen) atoms. The van der Waals surface area contributed by atoms with Gasteiger partial charge in [0.2, 0.25) is 5.91 Å². The summed E-state index contributed by atoms with van der Waals surface area (Å²) in [5.41, 5.74) is 4.20. The quantitative estimate of drug-likeness (QED) is 0.498. The molecule has 2 atom stereocenters. The number of nitrogens with one attached hydrogen (secondary N) is 1. The van der Waals surface area contributed by atoms with E-state index in [0.29, 0.717) is 5.75 Å². The van der Waals surface area contributed by atoms with Gasteiger partial charge in [0.1, 0.15) is 11.9 Å². The van der Waals surface area contributed by atoms with Crippen molar-refractivity contribution in [2.45, 2.75) is 32.4 Å². The van der Waals surface area contributed by atoms with Crippen molar-refractivity contribution < 1.29 is 19.4 Å². The number of amides is 1. The highest BCUT2D eigenvalue weighted by Crippen LogP contribution is 2.37. The van der Waals surface area contributed by atoms with E-state index < -0.39 is 5.97 Å². The standard InChI is InChI=1S/C27H28N2O4/c1-19(30)28-27(29(22-10-4-2-5-11-22)23-12-6-3-7-13-23)21-15-16-24-20(17-21)9-8-14-25(24)33-18-26(31)32/h2-14,21,27H,15-18H2,1H3,(H,28,30)(H,31,32). The fraction of sp³-hybridized carbons (Fsp3) is 0.259. The van der Waals surface area contributed by atoms with Gasteiger partial charge >= 0.3 is 5.97 Å². The SMILES string of the molecule is CC(=O)NC(C1CCc2c(cccc2OCC(=O)O)C1)N(c1ccccc1)c1ccccc1. The largest absolute Gasteiger partial charge is 0.482 e. The molecule has 0 aliphatic heterocycles. The van der Waals surface area contributed by atoms with Gasteiger partial charge in [0.05, 0.1) is 0 Å². The Kier molecular flexibility index (Phi) is 6.93. The van der Waals surface area contributed by atoms with Crippen LogP contribution in [0.25, 0.3) is 0 Å². The summed E-state index contributed by atoms with van der Waals surface area (Å²) in [5.74, 6) is -0.293. The van der Waals surface area contributed by atoms with Crippen LogP contribution in [0.2, 0.25) is 0 Å². The van der Waals surface area contributed by atoms with Crippen molar-refractivity contribution in [1.82, 2.24) is 5.32 Å². The van der Waals surface area contributed by atoms with Crippen molar-refractivity contribution in [2.24, 2.45) is 5.92 Å². The lowest BCUT2D eigenvalue weighted by Gasteiger charge is -2.41. The highest BCUT2D eigenvalue weighted by Gasteiger charge is 2.33. The van der Waals surface area contributed by atoms with E-state index in [4.69, 9.17) is 9.84 Å². The van der Waals surface area contributed by atoms with Gasteiger partial charge in [0.25, 0.3) is 0 Å². The van der Waals surface area contributed by atoms with Crippen molar-refractivity contribution in [3.63, 3.8) is 0 Å². The van der Waals surface area contributed by atoms with Crippen molar-refractivity contribution in [3.8, 4) is 5.75 Å². The minimum Gasteiger partial charge on any atom is -0.482 e. The number of nitrogens with zero attached hydrogens (tertiary/aromatic N) is 1. The number of fused-ring (bicyclic) bond motifs is 1. The van der Waals surface area contributed by atoms with Crippen LogP contribution in [0.3, 0.4) is 0 Å². The Balaban J connectivity index is 1.69. The Bertz CT molecular complexity index is 1060. The number of rotatable bonds is 8.